The van der Waals surface area contributed by atoms with E-state index in [0.717, 1.165) is 12.3 Å². The minimum Gasteiger partial charge on any atom is -0.351 e. The molecule has 20 heavy (non-hydrogen) atoms. The second kappa shape index (κ2) is 6.21. The van der Waals surface area contributed by atoms with Gasteiger partial charge in [-0.25, -0.2) is 5.84 Å². The molecule has 1 aromatic rings. The van der Waals surface area contributed by atoms with Gasteiger partial charge in [0.2, 0.25) is 17.8 Å². The van der Waals surface area contributed by atoms with Crippen molar-refractivity contribution in [3.05, 3.63) is 0 Å². The fraction of sp³-hybridized carbons (Fsp3) is 0.769. The van der Waals surface area contributed by atoms with E-state index in [9.17, 15) is 0 Å². The van der Waals surface area contributed by atoms with Gasteiger partial charge in [0.25, 0.3) is 0 Å². The quantitative estimate of drug-likeness (QED) is 0.567. The van der Waals surface area contributed by atoms with Crippen LogP contribution in [0.1, 0.15) is 33.1 Å². The van der Waals surface area contributed by atoms with E-state index in [1.165, 1.54) is 12.8 Å². The van der Waals surface area contributed by atoms with Crippen LogP contribution in [0.2, 0.25) is 0 Å². The minimum atomic E-state index is 0.378. The molecule has 7 heteroatoms. The summed E-state index contributed by atoms with van der Waals surface area (Å²) in [4.78, 5) is 14.7. The molecule has 0 aromatic carbocycles. The smallest absolute Gasteiger partial charge is 0.243 e. The van der Waals surface area contributed by atoms with Gasteiger partial charge in [0.05, 0.1) is 0 Å². The maximum atomic E-state index is 5.42. The van der Waals surface area contributed by atoms with Gasteiger partial charge in [-0.3, -0.25) is 5.43 Å². The zero-order valence-electron chi connectivity index (χ0n) is 12.7. The number of hydrazine groups is 1. The van der Waals surface area contributed by atoms with Crippen molar-refractivity contribution in [1.82, 2.24) is 15.0 Å². The van der Waals surface area contributed by atoms with Crippen LogP contribution in [0.4, 0.5) is 17.8 Å². The summed E-state index contributed by atoms with van der Waals surface area (Å²) in [6, 6.07) is 0.411. The average Bonchev–Trinajstić information content (AvgIpc) is 2.41. The zero-order valence-corrected chi connectivity index (χ0v) is 12.7. The highest BCUT2D eigenvalue weighted by Crippen LogP contribution is 2.30. The van der Waals surface area contributed by atoms with Gasteiger partial charge in [0.1, 0.15) is 0 Å². The SMILES string of the molecule is CC1CCC(Nc2nc(NN)nc(N(C)C)n2)C(C)C1. The molecule has 1 saturated carbocycles. The number of rotatable bonds is 4. The predicted molar refractivity (Wildman–Crippen MR) is 81.6 cm³/mol. The molecule has 1 fully saturated rings. The molecule has 1 aromatic heterocycles. The molecule has 2 rings (SSSR count). The Balaban J connectivity index is 2.14. The second-order valence-corrected chi connectivity index (χ2v) is 5.97. The molecule has 0 aliphatic heterocycles. The Morgan fingerprint density at radius 1 is 1.10 bits per heavy atom. The summed E-state index contributed by atoms with van der Waals surface area (Å²) in [6.45, 7) is 4.60. The molecule has 1 aliphatic carbocycles. The van der Waals surface area contributed by atoms with E-state index in [4.69, 9.17) is 5.84 Å². The van der Waals surface area contributed by atoms with Crippen LogP contribution in [0, 0.1) is 11.8 Å². The largest absolute Gasteiger partial charge is 0.351 e. The van der Waals surface area contributed by atoms with Gasteiger partial charge in [-0.15, -0.1) is 0 Å². The van der Waals surface area contributed by atoms with E-state index in [1.54, 1.807) is 0 Å². The number of hydrogen-bond acceptors (Lipinski definition) is 7. The number of aromatic nitrogens is 3. The highest BCUT2D eigenvalue weighted by atomic mass is 15.4. The van der Waals surface area contributed by atoms with E-state index in [2.05, 4.69) is 39.5 Å². The summed E-state index contributed by atoms with van der Waals surface area (Å²) in [6.07, 6.45) is 3.64. The van der Waals surface area contributed by atoms with Gasteiger partial charge < -0.3 is 10.2 Å². The number of nitrogens with zero attached hydrogens (tertiary/aromatic N) is 4. The van der Waals surface area contributed by atoms with Gasteiger partial charge in [-0.05, 0) is 31.1 Å². The van der Waals surface area contributed by atoms with Crippen molar-refractivity contribution < 1.29 is 0 Å². The lowest BCUT2D eigenvalue weighted by atomic mass is 9.80. The maximum Gasteiger partial charge on any atom is 0.243 e. The lowest BCUT2D eigenvalue weighted by Gasteiger charge is -2.33. The molecular weight excluding hydrogens is 254 g/mol. The summed E-state index contributed by atoms with van der Waals surface area (Å²) in [5, 5.41) is 3.44. The van der Waals surface area contributed by atoms with Crippen LogP contribution in [-0.4, -0.2) is 35.1 Å². The maximum absolute atomic E-state index is 5.42. The highest BCUT2D eigenvalue weighted by molar-refractivity contribution is 5.42. The molecule has 0 saturated heterocycles. The van der Waals surface area contributed by atoms with E-state index < -0.39 is 0 Å². The summed E-state index contributed by atoms with van der Waals surface area (Å²) in [5.41, 5.74) is 2.49. The summed E-state index contributed by atoms with van der Waals surface area (Å²) >= 11 is 0. The monoisotopic (exact) mass is 279 g/mol. The molecule has 7 nitrogen and oxygen atoms in total. The predicted octanol–water partition coefficient (Wildman–Crippen LogP) is 1.46. The first kappa shape index (κ1) is 14.8. The van der Waals surface area contributed by atoms with Crippen molar-refractivity contribution in [3.63, 3.8) is 0 Å². The molecular formula is C13H25N7. The Hall–Kier alpha value is -1.63. The normalized spacial score (nSPS) is 26.1. The number of nitrogens with one attached hydrogen (secondary N) is 2. The van der Waals surface area contributed by atoms with Crippen molar-refractivity contribution >= 4 is 17.8 Å². The van der Waals surface area contributed by atoms with Gasteiger partial charge in [-0.2, -0.15) is 15.0 Å². The van der Waals surface area contributed by atoms with Crippen molar-refractivity contribution in [3.8, 4) is 0 Å². The Labute approximate surface area is 120 Å². The van der Waals surface area contributed by atoms with E-state index >= 15 is 0 Å². The van der Waals surface area contributed by atoms with E-state index in [-0.39, 0.29) is 0 Å². The molecule has 0 amide bonds. The van der Waals surface area contributed by atoms with Crippen molar-refractivity contribution in [2.45, 2.75) is 39.2 Å². The zero-order chi connectivity index (χ0) is 14.7. The first-order valence-corrected chi connectivity index (χ1v) is 7.16. The molecule has 0 spiro atoms. The van der Waals surface area contributed by atoms with Crippen LogP contribution in [0.15, 0.2) is 0 Å². The lowest BCUT2D eigenvalue weighted by Crippen LogP contribution is -2.34. The van der Waals surface area contributed by atoms with Gasteiger partial charge in [0, 0.05) is 20.1 Å². The molecule has 3 atom stereocenters. The second-order valence-electron chi connectivity index (χ2n) is 5.97. The van der Waals surface area contributed by atoms with Crippen LogP contribution in [0.25, 0.3) is 0 Å². The first-order chi connectivity index (χ1) is 9.49. The minimum absolute atomic E-state index is 0.378. The molecule has 4 N–H and O–H groups in total. The van der Waals surface area contributed by atoms with Gasteiger partial charge in [0.15, 0.2) is 0 Å². The summed E-state index contributed by atoms with van der Waals surface area (Å²) < 4.78 is 0. The van der Waals surface area contributed by atoms with Crippen molar-refractivity contribution in [1.29, 1.82) is 0 Å². The summed E-state index contributed by atoms with van der Waals surface area (Å²) in [7, 11) is 3.79. The third kappa shape index (κ3) is 3.47. The molecule has 1 aliphatic rings. The van der Waals surface area contributed by atoms with Crippen LogP contribution < -0.4 is 21.5 Å². The Morgan fingerprint density at radius 3 is 2.40 bits per heavy atom. The topological polar surface area (TPSA) is 92.0 Å². The van der Waals surface area contributed by atoms with Crippen LogP contribution >= 0.6 is 0 Å². The molecule has 112 valence electrons. The third-order valence-corrected chi connectivity index (χ3v) is 3.90. The Kier molecular flexibility index (Phi) is 4.59. The van der Waals surface area contributed by atoms with Crippen molar-refractivity contribution in [2.75, 3.05) is 29.7 Å². The van der Waals surface area contributed by atoms with Crippen LogP contribution in [0.5, 0.6) is 0 Å². The lowest BCUT2D eigenvalue weighted by molar-refractivity contribution is 0.276. The van der Waals surface area contributed by atoms with Gasteiger partial charge in [-0.1, -0.05) is 13.8 Å². The van der Waals surface area contributed by atoms with Gasteiger partial charge >= 0.3 is 0 Å². The number of anilines is 3. The van der Waals surface area contributed by atoms with E-state index in [0.29, 0.717) is 29.8 Å². The summed E-state index contributed by atoms with van der Waals surface area (Å²) in [5.74, 6) is 8.40. The van der Waals surface area contributed by atoms with Crippen LogP contribution in [-0.2, 0) is 0 Å². The first-order valence-electron chi connectivity index (χ1n) is 7.16. The fourth-order valence-corrected chi connectivity index (χ4v) is 2.74. The third-order valence-electron chi connectivity index (χ3n) is 3.90. The Bertz CT molecular complexity index is 448. The standard InChI is InChI=1S/C13H25N7/c1-8-5-6-10(9(2)7-8)15-11-16-12(19-14)18-13(17-11)20(3)4/h8-10H,5-7,14H2,1-4H3,(H2,15,16,17,18,19). The number of hydrogen-bond donors (Lipinski definition) is 3. The molecule has 0 bridgehead atoms. The van der Waals surface area contributed by atoms with Crippen LogP contribution in [0.3, 0.4) is 0 Å². The molecule has 3 unspecified atom stereocenters. The number of nitrogen functional groups attached to an aromatic ring is 1. The molecule has 0 radical (unpaired) electrons. The molecule has 1 heterocycles. The van der Waals surface area contributed by atoms with E-state index in [1.807, 2.05) is 19.0 Å². The average molecular weight is 279 g/mol. The number of nitrogens with two attached hydrogens (primary N) is 1. The van der Waals surface area contributed by atoms with Crippen molar-refractivity contribution in [2.24, 2.45) is 17.7 Å². The fourth-order valence-electron chi connectivity index (χ4n) is 2.74. The highest BCUT2D eigenvalue weighted by Gasteiger charge is 2.26. The Morgan fingerprint density at radius 2 is 1.80 bits per heavy atom.